The predicted octanol–water partition coefficient (Wildman–Crippen LogP) is 3.30. The summed E-state index contributed by atoms with van der Waals surface area (Å²) in [6, 6.07) is 0. The second-order valence-electron chi connectivity index (χ2n) is 2.72. The van der Waals surface area contributed by atoms with E-state index in [9.17, 15) is 5.11 Å². The lowest BCUT2D eigenvalue weighted by molar-refractivity contribution is 0.462. The fourth-order valence-electron chi connectivity index (χ4n) is 1.07. The maximum absolute atomic E-state index is 9.66. The molecule has 1 aromatic heterocycles. The van der Waals surface area contributed by atoms with Crippen molar-refractivity contribution in [2.45, 2.75) is 12.7 Å². The fourth-order valence-corrected chi connectivity index (χ4v) is 1.64. The van der Waals surface area contributed by atoms with Gasteiger partial charge in [-0.1, -0.05) is 23.2 Å². The molecule has 0 saturated carbocycles. The number of aromatic nitrogens is 1. The average Bonchev–Trinajstić information content (AvgIpc) is 2.11. The van der Waals surface area contributed by atoms with Crippen LogP contribution in [0, 0.1) is 6.92 Å². The van der Waals surface area contributed by atoms with Crippen LogP contribution in [0.15, 0.2) is 10.7 Å². The van der Waals surface area contributed by atoms with Gasteiger partial charge in [0.1, 0.15) is 10.2 Å². The van der Waals surface area contributed by atoms with Crippen LogP contribution in [0.25, 0.3) is 6.08 Å². The van der Waals surface area contributed by atoms with Gasteiger partial charge in [-0.3, -0.25) is 4.98 Å². The molecule has 0 amide bonds. The van der Waals surface area contributed by atoms with Gasteiger partial charge in [0.15, 0.2) is 0 Å². The summed E-state index contributed by atoms with van der Waals surface area (Å²) >= 11 is 15.2. The van der Waals surface area contributed by atoms with Gasteiger partial charge < -0.3 is 5.11 Å². The number of hydrogen-bond acceptors (Lipinski definition) is 3. The molecule has 0 unspecified atom stereocenters. The van der Waals surface area contributed by atoms with Crippen molar-refractivity contribution in [3.05, 3.63) is 27.5 Å². The van der Waals surface area contributed by atoms with Crippen LogP contribution >= 0.6 is 35.8 Å². The van der Waals surface area contributed by atoms with Gasteiger partial charge >= 0.3 is 0 Å². The first kappa shape index (κ1) is 11.7. The fraction of sp³-hybridized carbons (Fsp3) is 0.222. The maximum Gasteiger partial charge on any atom is 0.141 e. The van der Waals surface area contributed by atoms with Crippen molar-refractivity contribution in [3.63, 3.8) is 0 Å². The number of aryl methyl sites for hydroxylation is 1. The number of pyridine rings is 1. The van der Waals surface area contributed by atoms with Crippen molar-refractivity contribution in [1.29, 1.82) is 0 Å². The summed E-state index contributed by atoms with van der Waals surface area (Å²) in [7, 11) is 0. The second-order valence-corrected chi connectivity index (χ2v) is 4.04. The first-order chi connectivity index (χ1) is 6.56. The molecule has 0 aromatic carbocycles. The average molecular weight is 250 g/mol. The Kier molecular flexibility index (Phi) is 4.11. The van der Waals surface area contributed by atoms with E-state index < -0.39 is 0 Å². The Morgan fingerprint density at radius 2 is 2.29 bits per heavy atom. The van der Waals surface area contributed by atoms with Crippen LogP contribution in [-0.2, 0) is 5.75 Å². The Labute approximate surface area is 98.0 Å². The number of aromatic hydroxyl groups is 1. The lowest BCUT2D eigenvalue weighted by Gasteiger charge is -2.07. The lowest BCUT2D eigenvalue weighted by Crippen LogP contribution is -1.92. The lowest BCUT2D eigenvalue weighted by atomic mass is 10.1. The van der Waals surface area contributed by atoms with Crippen molar-refractivity contribution in [2.24, 2.45) is 0 Å². The van der Waals surface area contributed by atoms with Gasteiger partial charge in [0, 0.05) is 23.1 Å². The molecule has 0 aliphatic rings. The first-order valence-corrected chi connectivity index (χ1v) is 5.26. The van der Waals surface area contributed by atoms with Crippen LogP contribution in [0.1, 0.15) is 16.8 Å². The van der Waals surface area contributed by atoms with Gasteiger partial charge in [-0.25, -0.2) is 0 Å². The molecule has 76 valence electrons. The van der Waals surface area contributed by atoms with E-state index in [4.69, 9.17) is 23.2 Å². The van der Waals surface area contributed by atoms with Crippen molar-refractivity contribution in [3.8, 4) is 5.75 Å². The summed E-state index contributed by atoms with van der Waals surface area (Å²) < 4.78 is 0.123. The molecule has 0 saturated heterocycles. The molecule has 14 heavy (non-hydrogen) atoms. The monoisotopic (exact) mass is 249 g/mol. The van der Waals surface area contributed by atoms with Crippen LogP contribution in [-0.4, -0.2) is 10.1 Å². The number of rotatable bonds is 2. The summed E-state index contributed by atoms with van der Waals surface area (Å²) in [5.41, 5.74) is 1.93. The third-order valence-electron chi connectivity index (χ3n) is 1.80. The van der Waals surface area contributed by atoms with E-state index >= 15 is 0 Å². The minimum absolute atomic E-state index is 0.123. The van der Waals surface area contributed by atoms with E-state index in [2.05, 4.69) is 17.6 Å². The Hall–Kier alpha value is -0.380. The number of nitrogens with zero attached hydrogens (tertiary/aromatic N) is 1. The van der Waals surface area contributed by atoms with Crippen LogP contribution in [0.2, 0.25) is 0 Å². The summed E-state index contributed by atoms with van der Waals surface area (Å²) in [5, 5.41) is 9.66. The van der Waals surface area contributed by atoms with E-state index in [0.717, 1.165) is 0 Å². The van der Waals surface area contributed by atoms with Crippen LogP contribution in [0.4, 0.5) is 0 Å². The largest absolute Gasteiger partial charge is 0.506 e. The molecule has 0 aliphatic carbocycles. The highest BCUT2D eigenvalue weighted by atomic mass is 35.5. The Bertz CT molecular complexity index is 375. The minimum atomic E-state index is 0.123. The molecule has 2 nitrogen and oxygen atoms in total. The van der Waals surface area contributed by atoms with Crippen molar-refractivity contribution in [1.82, 2.24) is 4.98 Å². The van der Waals surface area contributed by atoms with Crippen LogP contribution in [0.3, 0.4) is 0 Å². The zero-order valence-electron chi connectivity index (χ0n) is 7.46. The van der Waals surface area contributed by atoms with Gasteiger partial charge in [0.05, 0.1) is 5.69 Å². The molecule has 0 spiro atoms. The van der Waals surface area contributed by atoms with Gasteiger partial charge in [-0.2, -0.15) is 12.6 Å². The normalized spacial score (nSPS) is 10.0. The standard InChI is InChI=1S/C9H9Cl2NOS/c1-5-9(13)7(4-14)6(3-12-5)2-8(10)11/h2-3,13-14H,4H2,1H3. The van der Waals surface area contributed by atoms with E-state index in [1.54, 1.807) is 13.1 Å². The third-order valence-corrected chi connectivity index (χ3v) is 2.33. The van der Waals surface area contributed by atoms with E-state index in [1.807, 2.05) is 0 Å². The van der Waals surface area contributed by atoms with Crippen LogP contribution in [0.5, 0.6) is 5.75 Å². The molecule has 0 fully saturated rings. The summed E-state index contributed by atoms with van der Waals surface area (Å²) in [4.78, 5) is 3.99. The molecule has 0 aliphatic heterocycles. The minimum Gasteiger partial charge on any atom is -0.506 e. The van der Waals surface area contributed by atoms with E-state index in [-0.39, 0.29) is 10.2 Å². The topological polar surface area (TPSA) is 33.1 Å². The Morgan fingerprint density at radius 3 is 2.79 bits per heavy atom. The molecule has 0 bridgehead atoms. The van der Waals surface area contributed by atoms with Crippen molar-refractivity contribution < 1.29 is 5.11 Å². The second kappa shape index (κ2) is 4.91. The number of thiol groups is 1. The summed E-state index contributed by atoms with van der Waals surface area (Å²) in [6.07, 6.45) is 3.13. The highest BCUT2D eigenvalue weighted by Crippen LogP contribution is 2.27. The smallest absolute Gasteiger partial charge is 0.141 e. The molecule has 1 rings (SSSR count). The first-order valence-electron chi connectivity index (χ1n) is 3.87. The molecule has 1 heterocycles. The highest BCUT2D eigenvalue weighted by molar-refractivity contribution is 7.79. The molecule has 1 aromatic rings. The summed E-state index contributed by atoms with van der Waals surface area (Å²) in [6.45, 7) is 1.72. The quantitative estimate of drug-likeness (QED) is 0.789. The Balaban J connectivity index is 3.31. The molecule has 0 atom stereocenters. The molecule has 5 heteroatoms. The van der Waals surface area contributed by atoms with Crippen molar-refractivity contribution in [2.75, 3.05) is 0 Å². The highest BCUT2D eigenvalue weighted by Gasteiger charge is 2.08. The zero-order valence-corrected chi connectivity index (χ0v) is 9.87. The van der Waals surface area contributed by atoms with Crippen LogP contribution < -0.4 is 0 Å². The van der Waals surface area contributed by atoms with E-state index in [1.165, 1.54) is 6.08 Å². The number of hydrogen-bond donors (Lipinski definition) is 2. The van der Waals surface area contributed by atoms with Crippen molar-refractivity contribution >= 4 is 41.9 Å². The molecule has 1 N–H and O–H groups in total. The third kappa shape index (κ3) is 2.56. The predicted molar refractivity (Wildman–Crippen MR) is 63.0 cm³/mol. The van der Waals surface area contributed by atoms with E-state index in [0.29, 0.717) is 22.6 Å². The maximum atomic E-state index is 9.66. The van der Waals surface area contributed by atoms with Gasteiger partial charge in [0.25, 0.3) is 0 Å². The van der Waals surface area contributed by atoms with Gasteiger partial charge in [-0.05, 0) is 13.0 Å². The Morgan fingerprint density at radius 1 is 1.64 bits per heavy atom. The number of halogens is 2. The van der Waals surface area contributed by atoms with Gasteiger partial charge in [0.2, 0.25) is 0 Å². The van der Waals surface area contributed by atoms with Gasteiger partial charge in [-0.15, -0.1) is 0 Å². The molecule has 0 radical (unpaired) electrons. The SMILES string of the molecule is Cc1ncc(C=C(Cl)Cl)c(CS)c1O. The zero-order chi connectivity index (χ0) is 10.7. The molecular formula is C9H9Cl2NOS. The summed E-state index contributed by atoms with van der Waals surface area (Å²) in [5.74, 6) is 0.547. The molecular weight excluding hydrogens is 241 g/mol.